The van der Waals surface area contributed by atoms with Gasteiger partial charge in [-0.25, -0.2) is 0 Å². The van der Waals surface area contributed by atoms with Gasteiger partial charge < -0.3 is 30.5 Å². The molecule has 0 aliphatic heterocycles. The quantitative estimate of drug-likeness (QED) is 0.324. The summed E-state index contributed by atoms with van der Waals surface area (Å²) in [7, 11) is 3.13. The van der Waals surface area contributed by atoms with E-state index in [0.29, 0.717) is 41.0 Å². The van der Waals surface area contributed by atoms with E-state index in [1.165, 1.54) is 0 Å². The monoisotopic (exact) mass is 567 g/mol. The van der Waals surface area contributed by atoms with E-state index in [2.05, 4.69) is 0 Å². The van der Waals surface area contributed by atoms with Gasteiger partial charge >= 0.3 is 0 Å². The number of nitrogens with two attached hydrogens (primary N) is 1. The van der Waals surface area contributed by atoms with E-state index in [9.17, 15) is 29.7 Å². The van der Waals surface area contributed by atoms with Gasteiger partial charge in [0.1, 0.15) is 34.3 Å². The number of carbonyl (C=O) groups excluding carboxylic acids is 3. The first kappa shape index (κ1) is 27.1. The molecule has 0 bridgehead atoms. The smallest absolute Gasteiger partial charge is 0.255 e. The Morgan fingerprint density at radius 3 is 1.98 bits per heavy atom. The maximum Gasteiger partial charge on any atom is 0.255 e. The minimum atomic E-state index is -1.17. The molecule has 0 radical (unpaired) electrons. The number of aromatic hydroxyl groups is 1. The van der Waals surface area contributed by atoms with Crippen molar-refractivity contribution in [3.63, 3.8) is 0 Å². The number of fused-ring (bicyclic) bond motifs is 3. The zero-order chi connectivity index (χ0) is 29.9. The summed E-state index contributed by atoms with van der Waals surface area (Å²) in [4.78, 5) is 38.4. The molecule has 3 aromatic rings. The molecule has 5 N–H and O–H groups in total. The van der Waals surface area contributed by atoms with E-state index in [1.54, 1.807) is 38.5 Å². The van der Waals surface area contributed by atoms with Gasteiger partial charge in [-0.05, 0) is 77.3 Å². The van der Waals surface area contributed by atoms with Gasteiger partial charge in [-0.15, -0.1) is 0 Å². The average molecular weight is 568 g/mol. The first-order valence-electron chi connectivity index (χ1n) is 13.6. The molecule has 1 fully saturated rings. The summed E-state index contributed by atoms with van der Waals surface area (Å²) in [5.41, 5.74) is 8.32. The molecule has 0 heterocycles. The van der Waals surface area contributed by atoms with Crippen molar-refractivity contribution in [1.82, 2.24) is 0 Å². The standard InChI is InChI=1S/C33H29NO8/c1-41-19-7-3-15(4-8-19)21-14-22(16-5-9-20(42-2)10-6-16)29(36)27-23(21)12-17-11-18-13-24(35)28(33(34)40)32(39)26(18)30(37)25(17)31(27)38/h3-10,14,17-18,26,36,38-39H,11-13H2,1-2H3,(H2,34,40). The van der Waals surface area contributed by atoms with E-state index >= 15 is 0 Å². The second-order valence-corrected chi connectivity index (χ2v) is 10.9. The number of phenols is 1. The van der Waals surface area contributed by atoms with Crippen molar-refractivity contribution in [3.8, 4) is 39.5 Å². The number of rotatable bonds is 5. The van der Waals surface area contributed by atoms with Crippen molar-refractivity contribution >= 4 is 23.2 Å². The number of primary amides is 1. The molecule has 3 atom stereocenters. The molecular formula is C33H29NO8. The second-order valence-electron chi connectivity index (χ2n) is 10.9. The minimum Gasteiger partial charge on any atom is -0.511 e. The van der Waals surface area contributed by atoms with Crippen molar-refractivity contribution in [3.05, 3.63) is 82.6 Å². The lowest BCUT2D eigenvalue weighted by molar-refractivity contribution is -0.127. The zero-order valence-electron chi connectivity index (χ0n) is 23.0. The van der Waals surface area contributed by atoms with Gasteiger partial charge in [0.15, 0.2) is 11.6 Å². The van der Waals surface area contributed by atoms with Gasteiger partial charge in [0, 0.05) is 17.6 Å². The number of benzene rings is 3. The van der Waals surface area contributed by atoms with E-state index in [0.717, 1.165) is 11.1 Å². The molecule has 214 valence electrons. The molecule has 3 aliphatic rings. The van der Waals surface area contributed by atoms with Crippen LogP contribution in [0.4, 0.5) is 0 Å². The SMILES string of the molecule is COc1ccc(-c2cc(-c3ccc(OC)cc3)c3c(c2O)C(O)=C2C(=O)C4C(O)=C(C(N)=O)C(=O)CC4CC2C3)cc1. The molecule has 0 saturated heterocycles. The average Bonchev–Trinajstić information content (AvgIpc) is 2.97. The van der Waals surface area contributed by atoms with Crippen molar-refractivity contribution in [1.29, 1.82) is 0 Å². The molecule has 9 heteroatoms. The van der Waals surface area contributed by atoms with Crippen molar-refractivity contribution in [2.75, 3.05) is 14.2 Å². The fraction of sp³-hybridized carbons (Fsp3) is 0.242. The lowest BCUT2D eigenvalue weighted by Gasteiger charge is -2.41. The van der Waals surface area contributed by atoms with Crippen LogP contribution in [-0.2, 0) is 20.8 Å². The number of Topliss-reactive ketones (excluding diaryl/α,β-unsaturated/α-hetero) is 2. The van der Waals surface area contributed by atoms with Crippen LogP contribution in [0, 0.1) is 17.8 Å². The largest absolute Gasteiger partial charge is 0.511 e. The van der Waals surface area contributed by atoms with Gasteiger partial charge in [0.2, 0.25) is 0 Å². The molecule has 42 heavy (non-hydrogen) atoms. The number of hydrogen-bond donors (Lipinski definition) is 4. The van der Waals surface area contributed by atoms with Gasteiger partial charge in [-0.2, -0.15) is 0 Å². The number of carbonyl (C=O) groups is 3. The summed E-state index contributed by atoms with van der Waals surface area (Å²) < 4.78 is 10.6. The Morgan fingerprint density at radius 1 is 0.857 bits per heavy atom. The lowest BCUT2D eigenvalue weighted by Crippen LogP contribution is -2.44. The Hall–Kier alpha value is -5.05. The van der Waals surface area contributed by atoms with Crippen molar-refractivity contribution in [2.24, 2.45) is 23.5 Å². The fourth-order valence-electron chi connectivity index (χ4n) is 6.73. The minimum absolute atomic E-state index is 0.0660. The summed E-state index contributed by atoms with van der Waals surface area (Å²) in [5, 5.41) is 34.2. The van der Waals surface area contributed by atoms with Crippen LogP contribution in [0.1, 0.15) is 24.0 Å². The highest BCUT2D eigenvalue weighted by atomic mass is 16.5. The molecule has 9 nitrogen and oxygen atoms in total. The molecule has 3 aromatic carbocycles. The second kappa shape index (κ2) is 10.1. The van der Waals surface area contributed by atoms with E-state index in [-0.39, 0.29) is 29.1 Å². The fourth-order valence-corrected chi connectivity index (χ4v) is 6.73. The van der Waals surface area contributed by atoms with Crippen LogP contribution in [0.25, 0.3) is 28.0 Å². The Morgan fingerprint density at radius 2 is 1.43 bits per heavy atom. The number of phenolic OH excluding ortho intramolecular Hbond substituents is 1. The first-order valence-corrected chi connectivity index (χ1v) is 13.6. The van der Waals surface area contributed by atoms with Gasteiger partial charge in [0.05, 0.1) is 25.7 Å². The predicted octanol–water partition coefficient (Wildman–Crippen LogP) is 4.66. The number of aliphatic hydroxyl groups excluding tert-OH is 2. The van der Waals surface area contributed by atoms with Gasteiger partial charge in [-0.3, -0.25) is 14.4 Å². The summed E-state index contributed by atoms with van der Waals surface area (Å²) in [6.45, 7) is 0. The Balaban J connectivity index is 1.57. The molecule has 1 amide bonds. The molecule has 3 unspecified atom stereocenters. The number of methoxy groups -OCH3 is 2. The highest BCUT2D eigenvalue weighted by molar-refractivity contribution is 6.21. The van der Waals surface area contributed by atoms with E-state index in [1.807, 2.05) is 30.3 Å². The molecule has 1 saturated carbocycles. The highest BCUT2D eigenvalue weighted by Gasteiger charge is 2.51. The summed E-state index contributed by atoms with van der Waals surface area (Å²) in [5.74, 6) is -4.37. The van der Waals surface area contributed by atoms with Crippen molar-refractivity contribution in [2.45, 2.75) is 19.3 Å². The number of hydrogen-bond acceptors (Lipinski definition) is 8. The van der Waals surface area contributed by atoms with Gasteiger partial charge in [0.25, 0.3) is 5.91 Å². The maximum atomic E-state index is 13.9. The third-order valence-electron chi connectivity index (χ3n) is 8.69. The lowest BCUT2D eigenvalue weighted by atomic mass is 9.61. The molecule has 0 spiro atoms. The predicted molar refractivity (Wildman–Crippen MR) is 154 cm³/mol. The van der Waals surface area contributed by atoms with Crippen LogP contribution >= 0.6 is 0 Å². The molecule has 3 aliphatic carbocycles. The molecule has 6 rings (SSSR count). The molecule has 0 aromatic heterocycles. The van der Waals surface area contributed by atoms with E-state index in [4.69, 9.17) is 15.2 Å². The summed E-state index contributed by atoms with van der Waals surface area (Å²) >= 11 is 0. The number of allylic oxidation sites excluding steroid dienone is 2. The number of aliphatic hydroxyl groups is 2. The highest BCUT2D eigenvalue weighted by Crippen LogP contribution is 2.53. The topological polar surface area (TPSA) is 156 Å². The Labute approximate surface area is 241 Å². The zero-order valence-corrected chi connectivity index (χ0v) is 23.0. The van der Waals surface area contributed by atoms with Crippen LogP contribution in [-0.4, -0.2) is 47.0 Å². The first-order chi connectivity index (χ1) is 20.1. The third kappa shape index (κ3) is 4.11. The summed E-state index contributed by atoms with van der Waals surface area (Å²) in [6, 6.07) is 16.4. The van der Waals surface area contributed by atoms with Crippen molar-refractivity contribution < 1.29 is 39.2 Å². The van der Waals surface area contributed by atoms with Crippen LogP contribution < -0.4 is 15.2 Å². The van der Waals surface area contributed by atoms with Crippen LogP contribution in [0.15, 0.2) is 71.5 Å². The van der Waals surface area contributed by atoms with Crippen LogP contribution in [0.3, 0.4) is 0 Å². The molecular weight excluding hydrogens is 538 g/mol. The van der Waals surface area contributed by atoms with Gasteiger partial charge in [-0.1, -0.05) is 24.3 Å². The van der Waals surface area contributed by atoms with Crippen LogP contribution in [0.5, 0.6) is 17.2 Å². The number of ether oxygens (including phenoxy) is 2. The normalized spacial score (nSPS) is 21.4. The maximum absolute atomic E-state index is 13.9. The van der Waals surface area contributed by atoms with E-state index < -0.39 is 46.6 Å². The Kier molecular flexibility index (Phi) is 6.52. The number of amides is 1. The van der Waals surface area contributed by atoms with Crippen LogP contribution in [0.2, 0.25) is 0 Å². The third-order valence-corrected chi connectivity index (χ3v) is 8.69. The summed E-state index contributed by atoms with van der Waals surface area (Å²) in [6.07, 6.45) is 0.520. The Bertz CT molecular complexity index is 1720. The number of ketones is 2.